The fraction of sp³-hybridized carbons (Fsp3) is 0.273. The van der Waals surface area contributed by atoms with Gasteiger partial charge < -0.3 is 20.4 Å². The first-order valence-corrected chi connectivity index (χ1v) is 9.47. The van der Waals surface area contributed by atoms with E-state index in [1.165, 1.54) is 0 Å². The van der Waals surface area contributed by atoms with E-state index in [4.69, 9.17) is 4.74 Å². The molecule has 0 spiro atoms. The molecule has 3 aromatic rings. The number of hydrogen-bond acceptors (Lipinski definition) is 3. The fourth-order valence-corrected chi connectivity index (χ4v) is 3.14. The maximum Gasteiger partial charge on any atom is 0.407 e. The van der Waals surface area contributed by atoms with Gasteiger partial charge in [-0.1, -0.05) is 48.5 Å². The molecule has 1 atom stereocenters. The van der Waals surface area contributed by atoms with Crippen molar-refractivity contribution in [2.75, 3.05) is 13.2 Å². The average Bonchev–Trinajstić information content (AvgIpc) is 3.11. The zero-order valence-corrected chi connectivity index (χ0v) is 15.9. The van der Waals surface area contributed by atoms with Crippen LogP contribution in [-0.2, 0) is 22.4 Å². The number of carbonyl (C=O) groups excluding carboxylic acids is 2. The summed E-state index contributed by atoms with van der Waals surface area (Å²) in [6, 6.07) is 17.1. The number of para-hydroxylation sites is 1. The summed E-state index contributed by atoms with van der Waals surface area (Å²) in [6.45, 7) is 2.48. The lowest BCUT2D eigenvalue weighted by atomic mass is 10.0. The van der Waals surface area contributed by atoms with Gasteiger partial charge in [-0.2, -0.15) is 0 Å². The highest BCUT2D eigenvalue weighted by molar-refractivity contribution is 5.88. The van der Waals surface area contributed by atoms with Gasteiger partial charge in [0.15, 0.2) is 0 Å². The lowest BCUT2D eigenvalue weighted by Crippen LogP contribution is -2.48. The van der Waals surface area contributed by atoms with Crippen molar-refractivity contribution in [3.05, 3.63) is 71.9 Å². The highest BCUT2D eigenvalue weighted by Crippen LogP contribution is 2.19. The van der Waals surface area contributed by atoms with Crippen LogP contribution in [0.4, 0.5) is 4.79 Å². The van der Waals surface area contributed by atoms with Gasteiger partial charge in [-0.05, 0) is 30.5 Å². The third-order valence-electron chi connectivity index (χ3n) is 4.54. The van der Waals surface area contributed by atoms with Crippen LogP contribution < -0.4 is 10.6 Å². The SMILES string of the molecule is CCOC(=O)N[C@@H](Cc1c[nH]c2ccccc12)C(=O)NCCc1ccccc1. The van der Waals surface area contributed by atoms with E-state index < -0.39 is 12.1 Å². The second-order valence-electron chi connectivity index (χ2n) is 6.51. The minimum absolute atomic E-state index is 0.228. The molecule has 146 valence electrons. The van der Waals surface area contributed by atoms with Crippen molar-refractivity contribution in [1.29, 1.82) is 0 Å². The molecule has 0 saturated carbocycles. The van der Waals surface area contributed by atoms with Gasteiger partial charge in [0.1, 0.15) is 6.04 Å². The smallest absolute Gasteiger partial charge is 0.407 e. The first-order valence-electron chi connectivity index (χ1n) is 9.47. The van der Waals surface area contributed by atoms with Gasteiger partial charge in [-0.25, -0.2) is 4.79 Å². The first kappa shape index (κ1) is 19.5. The van der Waals surface area contributed by atoms with Crippen LogP contribution in [0.2, 0.25) is 0 Å². The molecule has 0 saturated heterocycles. The summed E-state index contributed by atoms with van der Waals surface area (Å²) in [5, 5.41) is 6.64. The van der Waals surface area contributed by atoms with Crippen LogP contribution in [-0.4, -0.2) is 36.2 Å². The number of aromatic nitrogens is 1. The second-order valence-corrected chi connectivity index (χ2v) is 6.51. The number of alkyl carbamates (subject to hydrolysis) is 1. The number of nitrogens with one attached hydrogen (secondary N) is 3. The average molecular weight is 379 g/mol. The van der Waals surface area contributed by atoms with E-state index in [2.05, 4.69) is 15.6 Å². The van der Waals surface area contributed by atoms with Crippen LogP contribution in [0.3, 0.4) is 0 Å². The normalized spacial score (nSPS) is 11.8. The van der Waals surface area contributed by atoms with Crippen molar-refractivity contribution in [3.63, 3.8) is 0 Å². The second kappa shape index (κ2) is 9.60. The van der Waals surface area contributed by atoms with Crippen molar-refractivity contribution in [2.45, 2.75) is 25.8 Å². The molecule has 0 bridgehead atoms. The van der Waals surface area contributed by atoms with E-state index in [0.717, 1.165) is 28.5 Å². The summed E-state index contributed by atoms with van der Waals surface area (Å²) in [5.74, 6) is -0.228. The van der Waals surface area contributed by atoms with Crippen LogP contribution in [0, 0.1) is 0 Å². The molecule has 0 aliphatic rings. The molecule has 0 aliphatic heterocycles. The zero-order valence-electron chi connectivity index (χ0n) is 15.9. The minimum atomic E-state index is -0.714. The van der Waals surface area contributed by atoms with Crippen LogP contribution >= 0.6 is 0 Å². The third kappa shape index (κ3) is 5.13. The monoisotopic (exact) mass is 379 g/mol. The maximum absolute atomic E-state index is 12.7. The molecular weight excluding hydrogens is 354 g/mol. The summed E-state index contributed by atoms with van der Waals surface area (Å²) in [6.07, 6.45) is 2.39. The third-order valence-corrected chi connectivity index (χ3v) is 4.54. The van der Waals surface area contributed by atoms with E-state index in [9.17, 15) is 9.59 Å². The number of H-pyrrole nitrogens is 1. The highest BCUT2D eigenvalue weighted by atomic mass is 16.5. The van der Waals surface area contributed by atoms with Gasteiger partial charge in [0.25, 0.3) is 0 Å². The largest absolute Gasteiger partial charge is 0.450 e. The molecule has 6 nitrogen and oxygen atoms in total. The molecule has 1 heterocycles. The molecule has 3 N–H and O–H groups in total. The summed E-state index contributed by atoms with van der Waals surface area (Å²) in [4.78, 5) is 27.9. The van der Waals surface area contributed by atoms with E-state index in [1.807, 2.05) is 60.8 Å². The number of aromatic amines is 1. The lowest BCUT2D eigenvalue weighted by molar-refractivity contribution is -0.123. The van der Waals surface area contributed by atoms with Gasteiger partial charge in [0.05, 0.1) is 6.61 Å². The molecule has 28 heavy (non-hydrogen) atoms. The van der Waals surface area contributed by atoms with Gasteiger partial charge >= 0.3 is 6.09 Å². The number of fused-ring (bicyclic) bond motifs is 1. The molecule has 1 aromatic heterocycles. The zero-order chi connectivity index (χ0) is 19.8. The number of hydrogen-bond donors (Lipinski definition) is 3. The van der Waals surface area contributed by atoms with Crippen LogP contribution in [0.15, 0.2) is 60.8 Å². The Morgan fingerprint density at radius 3 is 2.61 bits per heavy atom. The molecule has 6 heteroatoms. The Hall–Kier alpha value is -3.28. The Balaban J connectivity index is 1.67. The van der Waals surface area contributed by atoms with E-state index in [1.54, 1.807) is 6.92 Å². The lowest BCUT2D eigenvalue weighted by Gasteiger charge is -2.18. The molecule has 0 aliphatic carbocycles. The summed E-state index contributed by atoms with van der Waals surface area (Å²) < 4.78 is 4.97. The quantitative estimate of drug-likeness (QED) is 0.562. The number of amides is 2. The fourth-order valence-electron chi connectivity index (χ4n) is 3.14. The van der Waals surface area contributed by atoms with Crippen molar-refractivity contribution < 1.29 is 14.3 Å². The topological polar surface area (TPSA) is 83.2 Å². The number of rotatable bonds is 8. The Kier molecular flexibility index (Phi) is 6.68. The van der Waals surface area contributed by atoms with E-state index >= 15 is 0 Å². The van der Waals surface area contributed by atoms with Gasteiger partial charge in [0.2, 0.25) is 5.91 Å². The van der Waals surface area contributed by atoms with Crippen molar-refractivity contribution in [3.8, 4) is 0 Å². The molecule has 3 rings (SSSR count). The molecule has 2 aromatic carbocycles. The predicted molar refractivity (Wildman–Crippen MR) is 109 cm³/mol. The van der Waals surface area contributed by atoms with Crippen LogP contribution in [0.1, 0.15) is 18.1 Å². The number of carbonyl (C=O) groups is 2. The number of benzene rings is 2. The van der Waals surface area contributed by atoms with Gasteiger partial charge in [-0.15, -0.1) is 0 Å². The van der Waals surface area contributed by atoms with Crippen molar-refractivity contribution in [1.82, 2.24) is 15.6 Å². The Bertz CT molecular complexity index is 921. The maximum atomic E-state index is 12.7. The van der Waals surface area contributed by atoms with Gasteiger partial charge in [-0.3, -0.25) is 4.79 Å². The molecule has 0 radical (unpaired) electrons. The van der Waals surface area contributed by atoms with Crippen molar-refractivity contribution >= 4 is 22.9 Å². The molecule has 0 fully saturated rings. The van der Waals surface area contributed by atoms with Crippen molar-refractivity contribution in [2.24, 2.45) is 0 Å². The summed E-state index contributed by atoms with van der Waals surface area (Å²) in [5.41, 5.74) is 3.11. The molecular formula is C22H25N3O3. The summed E-state index contributed by atoms with van der Waals surface area (Å²) in [7, 11) is 0. The Morgan fingerprint density at radius 1 is 1.07 bits per heavy atom. The summed E-state index contributed by atoms with van der Waals surface area (Å²) >= 11 is 0. The van der Waals surface area contributed by atoms with Crippen LogP contribution in [0.25, 0.3) is 10.9 Å². The predicted octanol–water partition coefficient (Wildman–Crippen LogP) is 3.18. The minimum Gasteiger partial charge on any atom is -0.450 e. The number of ether oxygens (including phenoxy) is 1. The van der Waals surface area contributed by atoms with Gasteiger partial charge in [0, 0.05) is 30.1 Å². The van der Waals surface area contributed by atoms with E-state index in [0.29, 0.717) is 13.0 Å². The van der Waals surface area contributed by atoms with Crippen LogP contribution in [0.5, 0.6) is 0 Å². The van der Waals surface area contributed by atoms with E-state index in [-0.39, 0.29) is 12.5 Å². The highest BCUT2D eigenvalue weighted by Gasteiger charge is 2.23. The molecule has 2 amide bonds. The standard InChI is InChI=1S/C22H25N3O3/c1-2-28-22(27)25-20(14-17-15-24-19-11-7-6-10-18(17)19)21(26)23-13-12-16-8-4-3-5-9-16/h3-11,15,20,24H,2,12-14H2,1H3,(H,23,26)(H,25,27)/t20-/m0/s1. The Morgan fingerprint density at radius 2 is 1.82 bits per heavy atom. The first-order chi connectivity index (χ1) is 13.7. The Labute approximate surface area is 164 Å². The molecule has 0 unspecified atom stereocenters.